The van der Waals surface area contributed by atoms with Crippen molar-refractivity contribution in [3.63, 3.8) is 0 Å². The Balaban J connectivity index is 1.06. The van der Waals surface area contributed by atoms with Gasteiger partial charge in [-0.2, -0.15) is 0 Å². The third-order valence-electron chi connectivity index (χ3n) is 13.0. The molecule has 13 aromatic rings. The van der Waals surface area contributed by atoms with Gasteiger partial charge in [0.05, 0.1) is 22.1 Å². The number of hydrogen-bond acceptors (Lipinski definition) is 1. The van der Waals surface area contributed by atoms with Gasteiger partial charge < -0.3 is 14.0 Å². The van der Waals surface area contributed by atoms with Crippen molar-refractivity contribution in [3.05, 3.63) is 237 Å². The summed E-state index contributed by atoms with van der Waals surface area (Å²) in [5.41, 5.74) is 12.7. The molecule has 0 radical (unpaired) electrons. The molecule has 0 N–H and O–H groups in total. The number of benzene rings is 11. The molecule has 0 aliphatic rings. The summed E-state index contributed by atoms with van der Waals surface area (Å²) >= 11 is 0. The molecule has 63 heavy (non-hydrogen) atoms. The van der Waals surface area contributed by atoms with Crippen molar-refractivity contribution >= 4 is 93.0 Å². The minimum absolute atomic E-state index is 1.12. The predicted molar refractivity (Wildman–Crippen MR) is 268 cm³/mol. The molecule has 0 atom stereocenters. The quantitative estimate of drug-likeness (QED) is 0.153. The van der Waals surface area contributed by atoms with Crippen LogP contribution in [0.25, 0.3) is 98.4 Å². The van der Waals surface area contributed by atoms with Crippen LogP contribution in [0, 0.1) is 0 Å². The van der Waals surface area contributed by atoms with Crippen LogP contribution in [-0.4, -0.2) is 9.13 Å². The number of rotatable bonds is 6. The molecule has 3 nitrogen and oxygen atoms in total. The number of fused-ring (bicyclic) bond motifs is 12. The van der Waals surface area contributed by atoms with Gasteiger partial charge in [0, 0.05) is 50.0 Å². The van der Waals surface area contributed by atoms with E-state index in [-0.39, 0.29) is 0 Å². The van der Waals surface area contributed by atoms with Crippen LogP contribution in [0.5, 0.6) is 0 Å². The van der Waals surface area contributed by atoms with Crippen LogP contribution in [0.3, 0.4) is 0 Å². The summed E-state index contributed by atoms with van der Waals surface area (Å²) in [5, 5.41) is 12.4. The summed E-state index contributed by atoms with van der Waals surface area (Å²) in [6.07, 6.45) is 0. The van der Waals surface area contributed by atoms with Crippen LogP contribution in [0.1, 0.15) is 0 Å². The third-order valence-corrected chi connectivity index (χ3v) is 13.0. The Labute approximate surface area is 364 Å². The molecule has 13 rings (SSSR count). The van der Waals surface area contributed by atoms with Crippen LogP contribution < -0.4 is 4.90 Å². The van der Waals surface area contributed by atoms with Gasteiger partial charge in [0.15, 0.2) is 0 Å². The summed E-state index contributed by atoms with van der Waals surface area (Å²) in [6, 6.07) is 86.6. The van der Waals surface area contributed by atoms with Gasteiger partial charge in [0.25, 0.3) is 0 Å². The van der Waals surface area contributed by atoms with E-state index >= 15 is 0 Å². The molecule has 3 heteroatoms. The van der Waals surface area contributed by atoms with E-state index in [4.69, 9.17) is 0 Å². The molecule has 0 bridgehead atoms. The SMILES string of the molecule is c1ccc(N(c2ccccc2)c2ccc3c4ccc(-c5cc(-n6c7ccccc7c7ccccc76)cc(-n6c7ccccc7c7ccccc76)c5)cc4c4ccccc4c3c2)cc1. The van der Waals surface area contributed by atoms with Crippen LogP contribution >= 0.6 is 0 Å². The second-order valence-electron chi connectivity index (χ2n) is 16.5. The number of nitrogens with zero attached hydrogens (tertiary/aromatic N) is 3. The molecule has 0 unspecified atom stereocenters. The Bertz CT molecular complexity index is 3620. The molecule has 0 aliphatic carbocycles. The average molecular weight is 802 g/mol. The normalized spacial score (nSPS) is 11.8. The topological polar surface area (TPSA) is 13.1 Å². The molecule has 0 saturated carbocycles. The van der Waals surface area contributed by atoms with E-state index in [0.29, 0.717) is 0 Å². The van der Waals surface area contributed by atoms with E-state index in [1.54, 1.807) is 0 Å². The zero-order valence-corrected chi connectivity index (χ0v) is 34.4. The van der Waals surface area contributed by atoms with Crippen molar-refractivity contribution in [2.45, 2.75) is 0 Å². The molecule has 2 aromatic heterocycles. The fourth-order valence-electron chi connectivity index (χ4n) is 10.3. The van der Waals surface area contributed by atoms with E-state index < -0.39 is 0 Å². The summed E-state index contributed by atoms with van der Waals surface area (Å²) in [5.74, 6) is 0. The molecule has 0 saturated heterocycles. The summed E-state index contributed by atoms with van der Waals surface area (Å²) in [7, 11) is 0. The minimum atomic E-state index is 1.12. The lowest BCUT2D eigenvalue weighted by Gasteiger charge is -2.26. The molecule has 11 aromatic carbocycles. The molecular weight excluding hydrogens is 763 g/mol. The van der Waals surface area contributed by atoms with Gasteiger partial charge in [-0.05, 0) is 128 Å². The van der Waals surface area contributed by atoms with Gasteiger partial charge in [-0.3, -0.25) is 0 Å². The average Bonchev–Trinajstić information content (AvgIpc) is 3.88. The Kier molecular flexibility index (Phi) is 7.91. The van der Waals surface area contributed by atoms with Gasteiger partial charge in [-0.1, -0.05) is 152 Å². The molecular formula is C60H39N3. The van der Waals surface area contributed by atoms with E-state index in [0.717, 1.165) is 34.0 Å². The van der Waals surface area contributed by atoms with E-state index in [9.17, 15) is 0 Å². The zero-order valence-electron chi connectivity index (χ0n) is 34.4. The van der Waals surface area contributed by atoms with Crippen LogP contribution in [-0.2, 0) is 0 Å². The maximum atomic E-state index is 2.45. The number of anilines is 3. The van der Waals surface area contributed by atoms with E-state index in [2.05, 4.69) is 251 Å². The lowest BCUT2D eigenvalue weighted by Crippen LogP contribution is -2.09. The smallest absolute Gasteiger partial charge is 0.0541 e. The lowest BCUT2D eigenvalue weighted by atomic mass is 9.91. The fraction of sp³-hybridized carbons (Fsp3) is 0. The van der Waals surface area contributed by atoms with Crippen molar-refractivity contribution in [1.29, 1.82) is 0 Å². The van der Waals surface area contributed by atoms with Crippen molar-refractivity contribution in [3.8, 4) is 22.5 Å². The largest absolute Gasteiger partial charge is 0.310 e. The Morgan fingerprint density at radius 2 is 0.587 bits per heavy atom. The summed E-state index contributed by atoms with van der Waals surface area (Å²) in [4.78, 5) is 2.35. The van der Waals surface area contributed by atoms with Crippen LogP contribution in [0.4, 0.5) is 17.1 Å². The Morgan fingerprint density at radius 3 is 1.05 bits per heavy atom. The highest BCUT2D eigenvalue weighted by Crippen LogP contribution is 2.43. The zero-order chi connectivity index (χ0) is 41.4. The number of hydrogen-bond donors (Lipinski definition) is 0. The Hall–Kier alpha value is -8.40. The van der Waals surface area contributed by atoms with Crippen molar-refractivity contribution in [1.82, 2.24) is 9.13 Å². The highest BCUT2D eigenvalue weighted by molar-refractivity contribution is 6.26. The molecule has 0 fully saturated rings. The second kappa shape index (κ2) is 14.1. The van der Waals surface area contributed by atoms with Crippen molar-refractivity contribution in [2.75, 3.05) is 4.90 Å². The predicted octanol–water partition coefficient (Wildman–Crippen LogP) is 16.5. The van der Waals surface area contributed by atoms with Crippen LogP contribution in [0.2, 0.25) is 0 Å². The maximum Gasteiger partial charge on any atom is 0.0541 e. The van der Waals surface area contributed by atoms with Gasteiger partial charge in [-0.15, -0.1) is 0 Å². The highest BCUT2D eigenvalue weighted by atomic mass is 15.1. The summed E-state index contributed by atoms with van der Waals surface area (Å²) < 4.78 is 4.89. The van der Waals surface area contributed by atoms with Crippen molar-refractivity contribution in [2.24, 2.45) is 0 Å². The molecule has 0 aliphatic heterocycles. The monoisotopic (exact) mass is 801 g/mol. The summed E-state index contributed by atoms with van der Waals surface area (Å²) in [6.45, 7) is 0. The molecule has 294 valence electrons. The van der Waals surface area contributed by atoms with Crippen LogP contribution in [0.15, 0.2) is 237 Å². The Morgan fingerprint density at radius 1 is 0.222 bits per heavy atom. The third kappa shape index (κ3) is 5.53. The fourth-order valence-corrected chi connectivity index (χ4v) is 10.3. The van der Waals surface area contributed by atoms with Crippen molar-refractivity contribution < 1.29 is 0 Å². The number of aromatic nitrogens is 2. The first-order valence-corrected chi connectivity index (χ1v) is 21.7. The molecule has 0 spiro atoms. The van der Waals surface area contributed by atoms with Gasteiger partial charge in [0.1, 0.15) is 0 Å². The second-order valence-corrected chi connectivity index (χ2v) is 16.5. The first-order valence-electron chi connectivity index (χ1n) is 21.7. The van der Waals surface area contributed by atoms with E-state index in [1.165, 1.54) is 81.5 Å². The number of para-hydroxylation sites is 6. The van der Waals surface area contributed by atoms with Gasteiger partial charge >= 0.3 is 0 Å². The van der Waals surface area contributed by atoms with Gasteiger partial charge in [0.2, 0.25) is 0 Å². The first kappa shape index (κ1) is 35.4. The minimum Gasteiger partial charge on any atom is -0.310 e. The standard InChI is InChI=1S/C60H39N3/c1-3-17-42(18-4-1)61(43-19-5-2-6-20-43)44-32-34-50-49-33-31-40(37-55(49)47-21-7-8-22-48(47)56(50)39-44)41-35-45(62-57-27-13-9-23-51(57)52-24-10-14-28-58(52)62)38-46(36-41)63-59-29-15-11-25-53(59)54-26-12-16-30-60(54)63/h1-39H. The highest BCUT2D eigenvalue weighted by Gasteiger charge is 2.19. The lowest BCUT2D eigenvalue weighted by molar-refractivity contribution is 1.13. The molecule has 0 amide bonds. The maximum absolute atomic E-state index is 2.45. The first-order chi connectivity index (χ1) is 31.3. The molecule has 2 heterocycles. The van der Waals surface area contributed by atoms with Gasteiger partial charge in [-0.25, -0.2) is 0 Å². The van der Waals surface area contributed by atoms with E-state index in [1.807, 2.05) is 0 Å².